The summed E-state index contributed by atoms with van der Waals surface area (Å²) < 4.78 is 0. The number of terminal acetylenes is 1. The molecule has 28 heavy (non-hydrogen) atoms. The number of hydrogen-bond donors (Lipinski definition) is 1. The van der Waals surface area contributed by atoms with E-state index in [4.69, 9.17) is 6.42 Å². The average molecular weight is 374 g/mol. The van der Waals surface area contributed by atoms with Crippen molar-refractivity contribution in [2.24, 2.45) is 0 Å². The molecule has 1 aromatic rings. The van der Waals surface area contributed by atoms with E-state index in [-0.39, 0.29) is 5.92 Å². The van der Waals surface area contributed by atoms with E-state index in [0.29, 0.717) is 0 Å². The minimum Gasteiger partial charge on any atom is -0.361 e. The zero-order valence-electron chi connectivity index (χ0n) is 18.7. The molecule has 0 fully saturated rings. The predicted molar refractivity (Wildman–Crippen MR) is 125 cm³/mol. The molecule has 0 aliphatic carbocycles. The molecule has 0 saturated carbocycles. The molecule has 0 spiro atoms. The largest absolute Gasteiger partial charge is 0.361 e. The van der Waals surface area contributed by atoms with E-state index >= 15 is 0 Å². The molecule has 1 aliphatic heterocycles. The van der Waals surface area contributed by atoms with Gasteiger partial charge >= 0.3 is 0 Å². The van der Waals surface area contributed by atoms with E-state index in [1.54, 1.807) is 0 Å². The Balaban J connectivity index is 0.00000122. The van der Waals surface area contributed by atoms with Crippen molar-refractivity contribution in [3.05, 3.63) is 93.9 Å². The Kier molecular flexibility index (Phi) is 8.80. The second kappa shape index (κ2) is 10.6. The van der Waals surface area contributed by atoms with Crippen molar-refractivity contribution in [1.29, 1.82) is 0 Å². The highest BCUT2D eigenvalue weighted by molar-refractivity contribution is 5.60. The molecule has 0 saturated heterocycles. The molecule has 0 unspecified atom stereocenters. The highest BCUT2D eigenvalue weighted by Gasteiger charge is 2.29. The second-order valence-corrected chi connectivity index (χ2v) is 7.42. The van der Waals surface area contributed by atoms with Gasteiger partial charge in [-0.1, -0.05) is 62.6 Å². The third kappa shape index (κ3) is 5.17. The van der Waals surface area contributed by atoms with E-state index < -0.39 is 0 Å². The summed E-state index contributed by atoms with van der Waals surface area (Å²) in [6.45, 7) is 23.1. The maximum absolute atomic E-state index is 5.56. The molecule has 2 rings (SSSR count). The van der Waals surface area contributed by atoms with Crippen LogP contribution in [0.25, 0.3) is 0 Å². The molecule has 1 atom stereocenters. The number of rotatable bonds is 4. The number of benzene rings is 1. The maximum atomic E-state index is 5.56. The summed E-state index contributed by atoms with van der Waals surface area (Å²) in [6, 6.07) is 6.23. The van der Waals surface area contributed by atoms with Gasteiger partial charge in [-0.25, -0.2) is 0 Å². The molecular formula is C27H35N. The smallest absolute Gasteiger partial charge is 0.0451 e. The van der Waals surface area contributed by atoms with Crippen LogP contribution in [0, 0.1) is 19.3 Å². The third-order valence-electron chi connectivity index (χ3n) is 4.77. The zero-order chi connectivity index (χ0) is 21.4. The molecule has 0 aromatic heterocycles. The van der Waals surface area contributed by atoms with Crippen molar-refractivity contribution in [3.8, 4) is 12.3 Å². The minimum absolute atomic E-state index is 0.105. The average Bonchev–Trinajstić information content (AvgIpc) is 2.66. The number of dihydropyridines is 1. The highest BCUT2D eigenvalue weighted by atomic mass is 14.9. The van der Waals surface area contributed by atoms with Gasteiger partial charge in [0, 0.05) is 23.4 Å². The first-order valence-corrected chi connectivity index (χ1v) is 9.96. The standard InChI is InChI=1S/C24H27N.C3H8/c1-9-17(7)24-22(16(5)6)23(21(14-25-24)15(3)4)20-12-11-19(10-2)13-18(20)8;1-3-2/h2,9,11-14,23,25H,3,5H2,1,4,6-8H3;3H2,1-2H3/b17-9-;/t23-;/m0./s1. The Morgan fingerprint density at radius 3 is 2.21 bits per heavy atom. The summed E-state index contributed by atoms with van der Waals surface area (Å²) >= 11 is 0. The summed E-state index contributed by atoms with van der Waals surface area (Å²) in [7, 11) is 0. The topological polar surface area (TPSA) is 12.0 Å². The van der Waals surface area contributed by atoms with E-state index in [1.807, 2.05) is 6.07 Å². The molecule has 1 N–H and O–H groups in total. The Bertz CT molecular complexity index is 881. The Labute approximate surface area is 172 Å². The monoisotopic (exact) mass is 373 g/mol. The Hall–Kier alpha value is -2.72. The van der Waals surface area contributed by atoms with Crippen LogP contribution in [-0.2, 0) is 0 Å². The minimum atomic E-state index is 0.105. The summed E-state index contributed by atoms with van der Waals surface area (Å²) in [6.07, 6.45) is 11.0. The van der Waals surface area contributed by atoms with Crippen molar-refractivity contribution < 1.29 is 0 Å². The van der Waals surface area contributed by atoms with Crippen molar-refractivity contribution >= 4 is 0 Å². The first-order chi connectivity index (χ1) is 13.2. The SMILES string of the molecule is C#Cc1ccc([C@H]2C(C(=C)C)=CNC(/C(C)=C\C)=C2C(=C)C)c(C)c1.CCC. The summed E-state index contributed by atoms with van der Waals surface area (Å²) in [4.78, 5) is 0. The second-order valence-electron chi connectivity index (χ2n) is 7.42. The Morgan fingerprint density at radius 2 is 1.79 bits per heavy atom. The quantitative estimate of drug-likeness (QED) is 0.545. The Morgan fingerprint density at radius 1 is 1.18 bits per heavy atom. The zero-order valence-corrected chi connectivity index (χ0v) is 18.7. The molecule has 0 bridgehead atoms. The first kappa shape index (κ1) is 23.3. The first-order valence-electron chi connectivity index (χ1n) is 9.96. The van der Waals surface area contributed by atoms with E-state index in [0.717, 1.165) is 22.4 Å². The highest BCUT2D eigenvalue weighted by Crippen LogP contribution is 2.43. The van der Waals surface area contributed by atoms with Gasteiger partial charge in [0.15, 0.2) is 0 Å². The molecular weight excluding hydrogens is 338 g/mol. The summed E-state index contributed by atoms with van der Waals surface area (Å²) in [5.41, 5.74) is 10.2. The van der Waals surface area contributed by atoms with Gasteiger partial charge in [-0.3, -0.25) is 0 Å². The van der Waals surface area contributed by atoms with Crippen LogP contribution >= 0.6 is 0 Å². The van der Waals surface area contributed by atoms with Crippen LogP contribution in [0.1, 0.15) is 70.6 Å². The normalized spacial score (nSPS) is 16.3. The summed E-state index contributed by atoms with van der Waals surface area (Å²) in [5, 5.41) is 3.47. The number of allylic oxidation sites excluding steroid dienone is 6. The lowest BCUT2D eigenvalue weighted by Gasteiger charge is -2.33. The van der Waals surface area contributed by atoms with Crippen molar-refractivity contribution in [1.82, 2.24) is 5.32 Å². The van der Waals surface area contributed by atoms with Gasteiger partial charge in [0.2, 0.25) is 0 Å². The number of hydrogen-bond acceptors (Lipinski definition) is 1. The van der Waals surface area contributed by atoms with E-state index in [2.05, 4.69) is 97.3 Å². The van der Waals surface area contributed by atoms with Crippen LogP contribution in [0.4, 0.5) is 0 Å². The fourth-order valence-corrected chi connectivity index (χ4v) is 3.32. The van der Waals surface area contributed by atoms with E-state index in [1.165, 1.54) is 34.3 Å². The van der Waals surface area contributed by atoms with Crippen LogP contribution < -0.4 is 5.32 Å². The van der Waals surface area contributed by atoms with Crippen LogP contribution in [0.3, 0.4) is 0 Å². The van der Waals surface area contributed by atoms with Gasteiger partial charge in [-0.2, -0.15) is 0 Å². The van der Waals surface area contributed by atoms with Crippen LogP contribution in [-0.4, -0.2) is 0 Å². The van der Waals surface area contributed by atoms with Gasteiger partial charge in [-0.05, 0) is 74.6 Å². The number of aryl methyl sites for hydroxylation is 1. The molecule has 1 nitrogen and oxygen atoms in total. The molecule has 1 heteroatoms. The summed E-state index contributed by atoms with van der Waals surface area (Å²) in [5.74, 6) is 2.82. The van der Waals surface area contributed by atoms with Crippen molar-refractivity contribution in [3.63, 3.8) is 0 Å². The lowest BCUT2D eigenvalue weighted by molar-refractivity contribution is 0.830. The fraction of sp³-hybridized carbons (Fsp3) is 0.333. The van der Waals surface area contributed by atoms with Crippen molar-refractivity contribution in [2.45, 2.75) is 60.8 Å². The molecule has 148 valence electrons. The van der Waals surface area contributed by atoms with Crippen LogP contribution in [0.5, 0.6) is 0 Å². The van der Waals surface area contributed by atoms with Gasteiger partial charge < -0.3 is 5.32 Å². The molecule has 1 aromatic carbocycles. The van der Waals surface area contributed by atoms with Gasteiger partial charge in [0.25, 0.3) is 0 Å². The van der Waals surface area contributed by atoms with Gasteiger partial charge in [0.05, 0.1) is 0 Å². The molecule has 1 heterocycles. The fourth-order valence-electron chi connectivity index (χ4n) is 3.32. The van der Waals surface area contributed by atoms with E-state index in [9.17, 15) is 0 Å². The predicted octanol–water partition coefficient (Wildman–Crippen LogP) is 7.34. The molecule has 0 radical (unpaired) electrons. The number of nitrogens with one attached hydrogen (secondary N) is 1. The lowest BCUT2D eigenvalue weighted by atomic mass is 9.75. The van der Waals surface area contributed by atoms with Crippen LogP contribution in [0.15, 0.2) is 77.2 Å². The van der Waals surface area contributed by atoms with Crippen LogP contribution in [0.2, 0.25) is 0 Å². The third-order valence-corrected chi connectivity index (χ3v) is 4.77. The van der Waals surface area contributed by atoms with Crippen molar-refractivity contribution in [2.75, 3.05) is 0 Å². The molecule has 0 amide bonds. The molecule has 1 aliphatic rings. The maximum Gasteiger partial charge on any atom is 0.0451 e. The van der Waals surface area contributed by atoms with Gasteiger partial charge in [-0.15, -0.1) is 6.42 Å². The lowest BCUT2D eigenvalue weighted by Crippen LogP contribution is -2.24. The van der Waals surface area contributed by atoms with Gasteiger partial charge in [0.1, 0.15) is 0 Å².